The number of nitrogens with one attached hydrogen (secondary N) is 2. The number of sulfonamides is 1. The van der Waals surface area contributed by atoms with Gasteiger partial charge in [-0.05, 0) is 37.5 Å². The predicted octanol–water partition coefficient (Wildman–Crippen LogP) is 1.94. The van der Waals surface area contributed by atoms with Crippen molar-refractivity contribution < 1.29 is 13.2 Å². The molecular weight excluding hydrogens is 323 g/mol. The maximum absolute atomic E-state index is 12.3. The lowest BCUT2D eigenvalue weighted by atomic mass is 10.1. The van der Waals surface area contributed by atoms with E-state index in [1.54, 1.807) is 0 Å². The fourth-order valence-electron chi connectivity index (χ4n) is 1.99. The first-order chi connectivity index (χ1) is 9.38. The Kier molecular flexibility index (Phi) is 4.90. The van der Waals surface area contributed by atoms with E-state index < -0.39 is 16.1 Å². The van der Waals surface area contributed by atoms with Gasteiger partial charge in [-0.25, -0.2) is 8.42 Å². The molecule has 1 aliphatic heterocycles. The molecule has 2 N–H and O–H groups in total. The largest absolute Gasteiger partial charge is 0.355 e. The summed E-state index contributed by atoms with van der Waals surface area (Å²) < 4.78 is 26.9. The van der Waals surface area contributed by atoms with E-state index in [1.807, 2.05) is 0 Å². The Morgan fingerprint density at radius 2 is 1.80 bits per heavy atom. The zero-order valence-electron chi connectivity index (χ0n) is 10.5. The van der Waals surface area contributed by atoms with Crippen LogP contribution < -0.4 is 10.0 Å². The maximum atomic E-state index is 12.3. The van der Waals surface area contributed by atoms with Gasteiger partial charge in [0.1, 0.15) is 6.04 Å². The lowest BCUT2D eigenvalue weighted by Gasteiger charge is -2.15. The molecule has 1 aromatic carbocycles. The number of halogens is 2. The summed E-state index contributed by atoms with van der Waals surface area (Å²) in [4.78, 5) is 11.7. The molecule has 1 aliphatic rings. The van der Waals surface area contributed by atoms with E-state index in [4.69, 9.17) is 23.2 Å². The molecule has 1 aromatic rings. The number of carbonyl (C=O) groups is 1. The highest BCUT2D eigenvalue weighted by atomic mass is 35.5. The first-order valence-corrected chi connectivity index (χ1v) is 8.38. The van der Waals surface area contributed by atoms with Crippen LogP contribution in [0.15, 0.2) is 23.1 Å². The molecule has 0 aromatic heterocycles. The standard InChI is InChI=1S/C12H14Cl2N2O3S/c13-8-5-9(14)7-10(6-8)20(18,19)16-11-3-1-2-4-15-12(11)17/h5-7,11,16H,1-4H2,(H,15,17). The normalized spacial score (nSPS) is 20.3. The van der Waals surface area contributed by atoms with Gasteiger partial charge in [0, 0.05) is 16.6 Å². The molecule has 0 spiro atoms. The zero-order valence-corrected chi connectivity index (χ0v) is 12.9. The molecule has 1 amide bonds. The van der Waals surface area contributed by atoms with Crippen LogP contribution in [0.3, 0.4) is 0 Å². The lowest BCUT2D eigenvalue weighted by Crippen LogP contribution is -2.45. The van der Waals surface area contributed by atoms with Crippen LogP contribution >= 0.6 is 23.2 Å². The van der Waals surface area contributed by atoms with Gasteiger partial charge in [0.2, 0.25) is 15.9 Å². The predicted molar refractivity (Wildman–Crippen MR) is 77.4 cm³/mol. The van der Waals surface area contributed by atoms with Crippen LogP contribution in [0.25, 0.3) is 0 Å². The van der Waals surface area contributed by atoms with Crippen LogP contribution in [0.4, 0.5) is 0 Å². The van der Waals surface area contributed by atoms with Crippen molar-refractivity contribution in [3.63, 3.8) is 0 Å². The number of hydrogen-bond donors (Lipinski definition) is 2. The van der Waals surface area contributed by atoms with Crippen molar-refractivity contribution in [3.8, 4) is 0 Å². The van der Waals surface area contributed by atoms with E-state index in [0.717, 1.165) is 12.8 Å². The van der Waals surface area contributed by atoms with Crippen LogP contribution in [-0.4, -0.2) is 26.9 Å². The summed E-state index contributed by atoms with van der Waals surface area (Å²) in [7, 11) is -3.83. The van der Waals surface area contributed by atoms with Gasteiger partial charge >= 0.3 is 0 Å². The van der Waals surface area contributed by atoms with Crippen LogP contribution in [0.1, 0.15) is 19.3 Å². The van der Waals surface area contributed by atoms with Crippen LogP contribution in [0, 0.1) is 0 Å². The molecule has 1 atom stereocenters. The van der Waals surface area contributed by atoms with Crippen molar-refractivity contribution in [1.82, 2.24) is 10.0 Å². The van der Waals surface area contributed by atoms with E-state index in [9.17, 15) is 13.2 Å². The Morgan fingerprint density at radius 3 is 2.45 bits per heavy atom. The van der Waals surface area contributed by atoms with E-state index in [-0.39, 0.29) is 20.8 Å². The van der Waals surface area contributed by atoms with Crippen molar-refractivity contribution in [3.05, 3.63) is 28.2 Å². The second-order valence-electron chi connectivity index (χ2n) is 4.57. The lowest BCUT2D eigenvalue weighted by molar-refractivity contribution is -0.122. The van der Waals surface area contributed by atoms with Gasteiger partial charge in [-0.15, -0.1) is 0 Å². The first-order valence-electron chi connectivity index (χ1n) is 6.14. The third kappa shape index (κ3) is 3.85. The maximum Gasteiger partial charge on any atom is 0.241 e. The third-order valence-corrected chi connectivity index (χ3v) is 4.87. The topological polar surface area (TPSA) is 75.3 Å². The molecule has 20 heavy (non-hydrogen) atoms. The van der Waals surface area contributed by atoms with E-state index in [2.05, 4.69) is 10.0 Å². The molecule has 0 bridgehead atoms. The van der Waals surface area contributed by atoms with Gasteiger partial charge in [-0.2, -0.15) is 4.72 Å². The molecule has 1 unspecified atom stereocenters. The first kappa shape index (κ1) is 15.6. The molecule has 0 saturated carbocycles. The smallest absolute Gasteiger partial charge is 0.241 e. The van der Waals surface area contributed by atoms with E-state index >= 15 is 0 Å². The number of carbonyl (C=O) groups excluding carboxylic acids is 1. The summed E-state index contributed by atoms with van der Waals surface area (Å²) in [6, 6.07) is 3.27. The Hall–Kier alpha value is -0.820. The Labute approximate surface area is 127 Å². The number of rotatable bonds is 3. The molecule has 1 heterocycles. The quantitative estimate of drug-likeness (QED) is 0.885. The molecule has 1 fully saturated rings. The molecule has 5 nitrogen and oxygen atoms in total. The Morgan fingerprint density at radius 1 is 1.15 bits per heavy atom. The van der Waals surface area contributed by atoms with E-state index in [0.29, 0.717) is 13.0 Å². The summed E-state index contributed by atoms with van der Waals surface area (Å²) >= 11 is 11.6. The van der Waals surface area contributed by atoms with Gasteiger partial charge < -0.3 is 5.32 Å². The van der Waals surface area contributed by atoms with Crippen molar-refractivity contribution in [2.45, 2.75) is 30.2 Å². The van der Waals surface area contributed by atoms with Crippen LogP contribution in [0.5, 0.6) is 0 Å². The van der Waals surface area contributed by atoms with Gasteiger partial charge in [0.15, 0.2) is 0 Å². The SMILES string of the molecule is O=C1NCCCCC1NS(=O)(=O)c1cc(Cl)cc(Cl)c1. The zero-order chi connectivity index (χ0) is 14.8. The van der Waals surface area contributed by atoms with Crippen LogP contribution in [-0.2, 0) is 14.8 Å². The fraction of sp³-hybridized carbons (Fsp3) is 0.417. The monoisotopic (exact) mass is 336 g/mol. The minimum Gasteiger partial charge on any atom is -0.355 e. The molecule has 0 aliphatic carbocycles. The van der Waals surface area contributed by atoms with Gasteiger partial charge in [-0.3, -0.25) is 4.79 Å². The highest BCUT2D eigenvalue weighted by Gasteiger charge is 2.27. The number of hydrogen-bond acceptors (Lipinski definition) is 3. The molecule has 1 saturated heterocycles. The molecule has 0 radical (unpaired) electrons. The van der Waals surface area contributed by atoms with Crippen molar-refractivity contribution in [1.29, 1.82) is 0 Å². The second kappa shape index (κ2) is 6.30. The average Bonchev–Trinajstić information content (AvgIpc) is 2.53. The summed E-state index contributed by atoms with van der Waals surface area (Å²) in [5, 5.41) is 3.12. The summed E-state index contributed by atoms with van der Waals surface area (Å²) in [5.74, 6) is -0.306. The van der Waals surface area contributed by atoms with Gasteiger partial charge in [0.25, 0.3) is 0 Å². The minimum absolute atomic E-state index is 0.0490. The highest BCUT2D eigenvalue weighted by molar-refractivity contribution is 7.89. The fourth-order valence-corrected chi connectivity index (χ4v) is 3.95. The van der Waals surface area contributed by atoms with Crippen molar-refractivity contribution in [2.75, 3.05) is 6.54 Å². The number of benzene rings is 1. The highest BCUT2D eigenvalue weighted by Crippen LogP contribution is 2.22. The van der Waals surface area contributed by atoms with Crippen LogP contribution in [0.2, 0.25) is 10.0 Å². The van der Waals surface area contributed by atoms with Gasteiger partial charge in [-0.1, -0.05) is 23.2 Å². The summed E-state index contributed by atoms with van der Waals surface area (Å²) in [6.45, 7) is 0.569. The molecule has 2 rings (SSSR count). The second-order valence-corrected chi connectivity index (χ2v) is 7.15. The average molecular weight is 337 g/mol. The van der Waals surface area contributed by atoms with Gasteiger partial charge in [0.05, 0.1) is 4.90 Å². The molecule has 8 heteroatoms. The molecule has 110 valence electrons. The van der Waals surface area contributed by atoms with Crippen molar-refractivity contribution in [2.24, 2.45) is 0 Å². The van der Waals surface area contributed by atoms with E-state index in [1.165, 1.54) is 18.2 Å². The Bertz CT molecular complexity index is 599. The Balaban J connectivity index is 2.23. The summed E-state index contributed by atoms with van der Waals surface area (Å²) in [5.41, 5.74) is 0. The molecular formula is C12H14Cl2N2O3S. The minimum atomic E-state index is -3.83. The number of amides is 1. The van der Waals surface area contributed by atoms with Crippen molar-refractivity contribution >= 4 is 39.1 Å². The third-order valence-electron chi connectivity index (χ3n) is 2.98. The summed E-state index contributed by atoms with van der Waals surface area (Å²) in [6.07, 6.45) is 2.09.